The van der Waals surface area contributed by atoms with Crippen molar-refractivity contribution in [1.29, 1.82) is 0 Å². The maximum absolute atomic E-state index is 14.5. The monoisotopic (exact) mass is 497 g/mol. The number of carbonyl (C=O) groups excluding carboxylic acids is 1. The quantitative estimate of drug-likeness (QED) is 0.304. The molecule has 1 amide bonds. The molecule has 0 saturated heterocycles. The second-order valence-electron chi connectivity index (χ2n) is 7.27. The third-order valence-electron chi connectivity index (χ3n) is 4.81. The van der Waals surface area contributed by atoms with Gasteiger partial charge in [0.15, 0.2) is 0 Å². The Bertz CT molecular complexity index is 1240. The molecule has 0 saturated carbocycles. The van der Waals surface area contributed by atoms with Crippen LogP contribution < -0.4 is 10.1 Å². The summed E-state index contributed by atoms with van der Waals surface area (Å²) in [7, 11) is 1.10. The Morgan fingerprint density at radius 2 is 1.59 bits per heavy atom. The molecule has 0 aromatic heterocycles. The van der Waals surface area contributed by atoms with Crippen LogP contribution in [0.3, 0.4) is 0 Å². The molecule has 0 aliphatic heterocycles. The predicted octanol–water partition coefficient (Wildman–Crippen LogP) is 6.44. The summed E-state index contributed by atoms with van der Waals surface area (Å²) in [5, 5.41) is 7.62. The third kappa shape index (κ3) is 5.34. The van der Waals surface area contributed by atoms with E-state index in [1.165, 1.54) is 37.3 Å². The van der Waals surface area contributed by atoms with Gasteiger partial charge in [-0.3, -0.25) is 4.79 Å². The Labute approximate surface area is 192 Å². The second kappa shape index (κ2) is 9.38. The van der Waals surface area contributed by atoms with Crippen molar-refractivity contribution in [2.75, 3.05) is 5.32 Å². The molecule has 3 rings (SSSR count). The topological polar surface area (TPSA) is 75.6 Å². The molecule has 0 aliphatic carbocycles. The molecule has 3 aromatic rings. The fourth-order valence-electron chi connectivity index (χ4n) is 2.92. The molecule has 0 radical (unpaired) electrons. The van der Waals surface area contributed by atoms with Crippen LogP contribution in [0.2, 0.25) is 0 Å². The van der Waals surface area contributed by atoms with Gasteiger partial charge >= 0.3 is 12.1 Å². The summed E-state index contributed by atoms with van der Waals surface area (Å²) in [5.74, 6) is -2.93. The van der Waals surface area contributed by atoms with Crippen molar-refractivity contribution in [3.05, 3.63) is 88.7 Å². The molecule has 0 heterocycles. The van der Waals surface area contributed by atoms with Crippen LogP contribution in [0.5, 0.6) is 11.5 Å². The van der Waals surface area contributed by atoms with Gasteiger partial charge in [-0.2, -0.15) is 13.2 Å². The normalized spacial score (nSPS) is 13.1. The largest absolute Gasteiger partial charge is 0.478 e. The second-order valence-corrected chi connectivity index (χ2v) is 8.06. The van der Waals surface area contributed by atoms with E-state index in [9.17, 15) is 31.5 Å². The van der Waals surface area contributed by atoms with Gasteiger partial charge in [0.1, 0.15) is 17.3 Å². The minimum atomic E-state index is -5.27. The molecular weight excluding hydrogens is 480 g/mol. The van der Waals surface area contributed by atoms with E-state index >= 15 is 0 Å². The number of amides is 1. The Kier molecular flexibility index (Phi) is 6.93. The fraction of sp³-hybridized carbons (Fsp3) is 0.130. The van der Waals surface area contributed by atoms with Crippen LogP contribution >= 0.6 is 9.24 Å². The molecule has 11 heteroatoms. The number of halogens is 5. The van der Waals surface area contributed by atoms with Gasteiger partial charge in [0.2, 0.25) is 5.41 Å². The van der Waals surface area contributed by atoms with Gasteiger partial charge in [0.05, 0.1) is 11.1 Å². The number of nitrogens with one attached hydrogen (secondary N) is 1. The van der Waals surface area contributed by atoms with Gasteiger partial charge < -0.3 is 15.2 Å². The lowest BCUT2D eigenvalue weighted by atomic mass is 10.0. The van der Waals surface area contributed by atoms with Crippen LogP contribution in [0.1, 0.15) is 31.8 Å². The molecule has 0 spiro atoms. The summed E-state index contributed by atoms with van der Waals surface area (Å²) >= 11 is 0. The SMILES string of the molecule is Cc1cc(F)ccc1Oc1cc(C(F)(P)C(F)(F)F)ccc1C(=O)Nc1ccc(C(=O)O)cc1. The molecule has 3 aromatic carbocycles. The molecule has 0 aliphatic rings. The van der Waals surface area contributed by atoms with Gasteiger partial charge in [0.25, 0.3) is 5.91 Å². The summed E-state index contributed by atoms with van der Waals surface area (Å²) < 4.78 is 73.3. The lowest BCUT2D eigenvalue weighted by Gasteiger charge is -2.25. The summed E-state index contributed by atoms with van der Waals surface area (Å²) in [4.78, 5) is 23.8. The van der Waals surface area contributed by atoms with Crippen molar-refractivity contribution in [3.8, 4) is 11.5 Å². The number of rotatable bonds is 6. The first-order valence-corrected chi connectivity index (χ1v) is 10.1. The minimum absolute atomic E-state index is 0.0231. The molecule has 2 atom stereocenters. The van der Waals surface area contributed by atoms with E-state index in [-0.39, 0.29) is 28.1 Å². The minimum Gasteiger partial charge on any atom is -0.478 e. The third-order valence-corrected chi connectivity index (χ3v) is 5.47. The summed E-state index contributed by atoms with van der Waals surface area (Å²) in [6.07, 6.45) is -5.27. The summed E-state index contributed by atoms with van der Waals surface area (Å²) in [5.41, 5.74) is -0.608. The molecule has 178 valence electrons. The number of carboxylic acids is 1. The number of benzene rings is 3. The van der Waals surface area contributed by atoms with E-state index in [2.05, 4.69) is 5.32 Å². The van der Waals surface area contributed by atoms with E-state index in [1.807, 2.05) is 0 Å². The van der Waals surface area contributed by atoms with Crippen molar-refractivity contribution in [2.24, 2.45) is 0 Å². The highest BCUT2D eigenvalue weighted by atomic mass is 31.0. The first-order chi connectivity index (χ1) is 15.8. The Morgan fingerprint density at radius 3 is 2.15 bits per heavy atom. The smallest absolute Gasteiger partial charge is 0.430 e. The lowest BCUT2D eigenvalue weighted by molar-refractivity contribution is -0.199. The van der Waals surface area contributed by atoms with Gasteiger partial charge in [-0.05, 0) is 67.1 Å². The first-order valence-electron chi connectivity index (χ1n) is 9.57. The maximum Gasteiger partial charge on any atom is 0.430 e. The molecule has 5 nitrogen and oxygen atoms in total. The molecule has 0 bridgehead atoms. The summed E-state index contributed by atoms with van der Waals surface area (Å²) in [6.45, 7) is 1.48. The van der Waals surface area contributed by atoms with Crippen LogP contribution in [0.4, 0.5) is 27.6 Å². The van der Waals surface area contributed by atoms with Crippen molar-refractivity contribution in [3.63, 3.8) is 0 Å². The number of hydrogen-bond donors (Lipinski definition) is 2. The van der Waals surface area contributed by atoms with Crippen molar-refractivity contribution >= 4 is 26.8 Å². The van der Waals surface area contributed by atoms with E-state index in [0.717, 1.165) is 39.6 Å². The Hall–Kier alpha value is -3.52. The molecule has 0 fully saturated rings. The highest BCUT2D eigenvalue weighted by molar-refractivity contribution is 7.18. The van der Waals surface area contributed by atoms with Crippen molar-refractivity contribution < 1.29 is 41.4 Å². The van der Waals surface area contributed by atoms with Crippen LogP contribution in [0, 0.1) is 12.7 Å². The number of carboxylic acid groups (broad SMARTS) is 1. The van der Waals surface area contributed by atoms with E-state index in [0.29, 0.717) is 0 Å². The van der Waals surface area contributed by atoms with Crippen molar-refractivity contribution in [2.45, 2.75) is 18.5 Å². The predicted molar refractivity (Wildman–Crippen MR) is 118 cm³/mol. The van der Waals surface area contributed by atoms with Crippen LogP contribution in [0.15, 0.2) is 60.7 Å². The average Bonchev–Trinajstić information content (AvgIpc) is 2.75. The zero-order valence-corrected chi connectivity index (χ0v) is 18.6. The highest BCUT2D eigenvalue weighted by Gasteiger charge is 2.54. The van der Waals surface area contributed by atoms with E-state index in [4.69, 9.17) is 9.84 Å². The number of aromatic carboxylic acids is 1. The Morgan fingerprint density at radius 1 is 0.941 bits per heavy atom. The number of alkyl halides is 4. The maximum atomic E-state index is 14.5. The van der Waals surface area contributed by atoms with E-state index < -0.39 is 40.6 Å². The van der Waals surface area contributed by atoms with Gasteiger partial charge in [-0.1, -0.05) is 15.3 Å². The number of aryl methyl sites for hydroxylation is 1. The van der Waals surface area contributed by atoms with Gasteiger partial charge in [-0.25, -0.2) is 13.6 Å². The van der Waals surface area contributed by atoms with Crippen LogP contribution in [-0.2, 0) is 5.41 Å². The standard InChI is InChI=1S/C23H17F5NO4P/c1-12-10-15(24)5-9-18(12)33-19-11-14(22(25,34)23(26,27)28)4-8-17(19)20(30)29-16-6-2-13(3-7-16)21(31)32/h2-11H,34H2,1H3,(H,29,30)(H,31,32). The van der Waals surface area contributed by atoms with Crippen LogP contribution in [-0.4, -0.2) is 23.2 Å². The number of carbonyl (C=O) groups is 2. The van der Waals surface area contributed by atoms with Gasteiger partial charge in [-0.15, -0.1) is 0 Å². The molecule has 2 N–H and O–H groups in total. The molecule has 34 heavy (non-hydrogen) atoms. The van der Waals surface area contributed by atoms with Gasteiger partial charge in [0, 0.05) is 11.3 Å². The highest BCUT2D eigenvalue weighted by Crippen LogP contribution is 2.49. The first kappa shape index (κ1) is 25.1. The average molecular weight is 497 g/mol. The Balaban J connectivity index is 2.02. The van der Waals surface area contributed by atoms with E-state index in [1.54, 1.807) is 0 Å². The molecular formula is C23H17F5NO4P. The van der Waals surface area contributed by atoms with Crippen LogP contribution in [0.25, 0.3) is 0 Å². The van der Waals surface area contributed by atoms with Crippen molar-refractivity contribution in [1.82, 2.24) is 0 Å². The molecule has 2 unspecified atom stereocenters. The number of ether oxygens (including phenoxy) is 1. The lowest BCUT2D eigenvalue weighted by Crippen LogP contribution is -2.32. The summed E-state index contributed by atoms with van der Waals surface area (Å²) in [6, 6.07) is 11.0. The zero-order valence-electron chi connectivity index (χ0n) is 17.4. The fourth-order valence-corrected chi connectivity index (χ4v) is 3.10. The zero-order chi connectivity index (χ0) is 25.3. The number of hydrogen-bond acceptors (Lipinski definition) is 3. The number of anilines is 1.